The number of benzene rings is 1. The van der Waals surface area contributed by atoms with Crippen LogP contribution >= 0.6 is 0 Å². The van der Waals surface area contributed by atoms with Crippen molar-refractivity contribution in [2.45, 2.75) is 45.3 Å². The minimum atomic E-state index is -0.549. The first-order valence-electron chi connectivity index (χ1n) is 6.33. The first kappa shape index (κ1) is 13.9. The summed E-state index contributed by atoms with van der Waals surface area (Å²) in [5, 5.41) is 2.76. The summed E-state index contributed by atoms with van der Waals surface area (Å²) in [6.45, 7) is 5.40. The van der Waals surface area contributed by atoms with Crippen LogP contribution in [-0.4, -0.2) is 19.5 Å². The van der Waals surface area contributed by atoms with Gasteiger partial charge in [0.2, 0.25) is 0 Å². The number of halogens is 1. The average molecular weight is 261 g/mol. The van der Waals surface area contributed by atoms with Gasteiger partial charge in [0.15, 0.2) is 0 Å². The summed E-state index contributed by atoms with van der Waals surface area (Å²) >= 11 is 0. The topological polar surface area (TPSA) is 38.3 Å². The molecule has 0 heterocycles. The van der Waals surface area contributed by atoms with Gasteiger partial charge in [0.1, 0.15) is 19.3 Å². The summed E-state index contributed by atoms with van der Waals surface area (Å²) < 4.78 is 18.9. The third kappa shape index (κ3) is 3.28. The molecule has 0 unspecified atom stereocenters. The summed E-state index contributed by atoms with van der Waals surface area (Å²) in [6.07, 6.45) is 0.768. The van der Waals surface area contributed by atoms with E-state index in [0.717, 1.165) is 5.56 Å². The molecular weight excluding hydrogens is 244 g/mol. The van der Waals surface area contributed by atoms with Crippen molar-refractivity contribution < 1.29 is 13.9 Å². The van der Waals surface area contributed by atoms with Crippen LogP contribution in [0.4, 0.5) is 9.18 Å². The smallest absolute Gasteiger partial charge is 0.408 e. The number of ether oxygens (including phenoxy) is 1. The fourth-order valence-electron chi connectivity index (χ4n) is 2.30. The molecule has 5 heteroatoms. The predicted octanol–water partition coefficient (Wildman–Crippen LogP) is 2.13. The standard InChI is InChI=1S/C14H17BFNO2/c1-14(2,3)19-13(18)17-12-5-4-9-10(12)6-8(15)7-11(9)16/h6-7,12H,4-5H2,1-3H3,(H,17,18)/t12-/m1/s1. The van der Waals surface area contributed by atoms with Crippen LogP contribution in [0.1, 0.15) is 44.4 Å². The maximum absolute atomic E-state index is 13.7. The molecule has 0 fully saturated rings. The molecule has 1 aromatic rings. The van der Waals surface area contributed by atoms with Crippen molar-refractivity contribution in [3.63, 3.8) is 0 Å². The highest BCUT2D eigenvalue weighted by atomic mass is 19.1. The van der Waals surface area contributed by atoms with Crippen LogP contribution in [0.3, 0.4) is 0 Å². The number of hydrogen-bond donors (Lipinski definition) is 1. The highest BCUT2D eigenvalue weighted by Crippen LogP contribution is 2.32. The number of fused-ring (bicyclic) bond motifs is 1. The van der Waals surface area contributed by atoms with Crippen molar-refractivity contribution in [2.75, 3.05) is 0 Å². The summed E-state index contributed by atoms with van der Waals surface area (Å²) in [5.74, 6) is -0.302. The van der Waals surface area contributed by atoms with Gasteiger partial charge in [0, 0.05) is 0 Å². The predicted molar refractivity (Wildman–Crippen MR) is 72.2 cm³/mol. The minimum Gasteiger partial charge on any atom is -0.444 e. The van der Waals surface area contributed by atoms with E-state index in [1.807, 2.05) is 0 Å². The normalized spacial score (nSPS) is 18.0. The Hall–Kier alpha value is -1.52. The molecule has 1 aliphatic rings. The fourth-order valence-corrected chi connectivity index (χ4v) is 2.30. The zero-order valence-corrected chi connectivity index (χ0v) is 11.4. The molecule has 2 radical (unpaired) electrons. The summed E-state index contributed by atoms with van der Waals surface area (Å²) in [5.41, 5.74) is 1.21. The van der Waals surface area contributed by atoms with Crippen LogP contribution in [-0.2, 0) is 11.2 Å². The molecule has 0 aliphatic heterocycles. The molecule has 0 bridgehead atoms. The zero-order valence-electron chi connectivity index (χ0n) is 11.4. The van der Waals surface area contributed by atoms with E-state index >= 15 is 0 Å². The lowest BCUT2D eigenvalue weighted by Crippen LogP contribution is -2.34. The van der Waals surface area contributed by atoms with Crippen molar-refractivity contribution in [2.24, 2.45) is 0 Å². The van der Waals surface area contributed by atoms with Gasteiger partial charge >= 0.3 is 6.09 Å². The average Bonchev–Trinajstić information content (AvgIpc) is 2.58. The maximum Gasteiger partial charge on any atom is 0.408 e. The molecule has 3 nitrogen and oxygen atoms in total. The van der Waals surface area contributed by atoms with E-state index in [9.17, 15) is 9.18 Å². The molecule has 100 valence electrons. The molecule has 1 aromatic carbocycles. The molecule has 0 saturated carbocycles. The molecule has 1 atom stereocenters. The summed E-state index contributed by atoms with van der Waals surface area (Å²) in [4.78, 5) is 11.7. The minimum absolute atomic E-state index is 0.233. The third-order valence-corrected chi connectivity index (χ3v) is 3.00. The maximum atomic E-state index is 13.7. The van der Waals surface area contributed by atoms with E-state index in [1.165, 1.54) is 6.07 Å². The first-order valence-corrected chi connectivity index (χ1v) is 6.33. The Balaban J connectivity index is 2.13. The molecule has 1 amide bonds. The SMILES string of the molecule is [B]c1cc(F)c2c(c1)[C@H](NC(=O)OC(C)(C)C)CC2. The second kappa shape index (κ2) is 4.87. The Morgan fingerprint density at radius 1 is 1.47 bits per heavy atom. The van der Waals surface area contributed by atoms with Gasteiger partial charge in [-0.05, 0) is 50.8 Å². The Labute approximate surface area is 113 Å². The lowest BCUT2D eigenvalue weighted by molar-refractivity contribution is 0.0503. The molecule has 0 spiro atoms. The van der Waals surface area contributed by atoms with E-state index in [-0.39, 0.29) is 11.9 Å². The highest BCUT2D eigenvalue weighted by molar-refractivity contribution is 6.32. The monoisotopic (exact) mass is 261 g/mol. The summed E-state index contributed by atoms with van der Waals surface area (Å²) in [6, 6.07) is 2.80. The Kier molecular flexibility index (Phi) is 3.57. The molecule has 2 rings (SSSR count). The van der Waals surface area contributed by atoms with E-state index in [2.05, 4.69) is 5.32 Å². The number of alkyl carbamates (subject to hydrolysis) is 1. The number of rotatable bonds is 1. The quantitative estimate of drug-likeness (QED) is 0.786. The first-order chi connectivity index (χ1) is 8.76. The fraction of sp³-hybridized carbons (Fsp3) is 0.500. The molecule has 1 aliphatic carbocycles. The van der Waals surface area contributed by atoms with Crippen LogP contribution in [0.5, 0.6) is 0 Å². The van der Waals surface area contributed by atoms with Gasteiger partial charge in [-0.25, -0.2) is 9.18 Å². The van der Waals surface area contributed by atoms with E-state index in [1.54, 1.807) is 26.8 Å². The lowest BCUT2D eigenvalue weighted by Gasteiger charge is -2.22. The highest BCUT2D eigenvalue weighted by Gasteiger charge is 2.28. The van der Waals surface area contributed by atoms with Crippen molar-refractivity contribution in [3.05, 3.63) is 29.1 Å². The third-order valence-electron chi connectivity index (χ3n) is 3.00. The van der Waals surface area contributed by atoms with Gasteiger partial charge < -0.3 is 10.1 Å². The molecule has 19 heavy (non-hydrogen) atoms. The van der Waals surface area contributed by atoms with Gasteiger partial charge in [-0.15, -0.1) is 0 Å². The van der Waals surface area contributed by atoms with Crippen molar-refractivity contribution in [3.8, 4) is 0 Å². The van der Waals surface area contributed by atoms with Crippen LogP contribution in [0.15, 0.2) is 12.1 Å². The Bertz CT molecular complexity index is 511. The number of hydrogen-bond acceptors (Lipinski definition) is 2. The molecule has 1 N–H and O–H groups in total. The van der Waals surface area contributed by atoms with Crippen molar-refractivity contribution >= 4 is 19.4 Å². The lowest BCUT2D eigenvalue weighted by atomic mass is 9.91. The van der Waals surface area contributed by atoms with Gasteiger partial charge in [-0.1, -0.05) is 11.5 Å². The summed E-state index contributed by atoms with van der Waals surface area (Å²) in [7, 11) is 5.64. The Morgan fingerprint density at radius 2 is 2.16 bits per heavy atom. The number of carbonyl (C=O) groups is 1. The van der Waals surface area contributed by atoms with Crippen LogP contribution < -0.4 is 10.8 Å². The number of carbonyl (C=O) groups excluding carboxylic acids is 1. The molecular formula is C14H17BFNO2. The second-order valence-corrected chi connectivity index (χ2v) is 5.81. The molecule has 0 aromatic heterocycles. The van der Waals surface area contributed by atoms with Crippen molar-refractivity contribution in [1.82, 2.24) is 5.32 Å². The number of amides is 1. The zero-order chi connectivity index (χ0) is 14.2. The van der Waals surface area contributed by atoms with Gasteiger partial charge in [-0.3, -0.25) is 0 Å². The van der Waals surface area contributed by atoms with Crippen LogP contribution in [0.2, 0.25) is 0 Å². The van der Waals surface area contributed by atoms with Crippen LogP contribution in [0.25, 0.3) is 0 Å². The van der Waals surface area contributed by atoms with Gasteiger partial charge in [0.25, 0.3) is 0 Å². The number of nitrogens with one attached hydrogen (secondary N) is 1. The van der Waals surface area contributed by atoms with E-state index in [0.29, 0.717) is 23.9 Å². The van der Waals surface area contributed by atoms with E-state index in [4.69, 9.17) is 12.6 Å². The van der Waals surface area contributed by atoms with E-state index < -0.39 is 11.7 Å². The second-order valence-electron chi connectivity index (χ2n) is 5.81. The van der Waals surface area contributed by atoms with Crippen molar-refractivity contribution in [1.29, 1.82) is 0 Å². The molecule has 0 saturated heterocycles. The van der Waals surface area contributed by atoms with Crippen LogP contribution in [0, 0.1) is 5.82 Å². The van der Waals surface area contributed by atoms with Gasteiger partial charge in [0.05, 0.1) is 6.04 Å². The largest absolute Gasteiger partial charge is 0.444 e. The van der Waals surface area contributed by atoms with Gasteiger partial charge in [-0.2, -0.15) is 0 Å². The Morgan fingerprint density at radius 3 is 2.79 bits per heavy atom.